The molecule has 1 N–H and O–H groups in total. The summed E-state index contributed by atoms with van der Waals surface area (Å²) in [7, 11) is -2.09. The highest BCUT2D eigenvalue weighted by Gasteiger charge is 2.22. The summed E-state index contributed by atoms with van der Waals surface area (Å²) in [5.74, 6) is -0.234. The molecule has 0 bridgehead atoms. The van der Waals surface area contributed by atoms with E-state index in [-0.39, 0.29) is 10.1 Å². The molecular weight excluding hydrogens is 380 g/mol. The first-order valence-electron chi connectivity index (χ1n) is 8.31. The highest BCUT2D eigenvalue weighted by atomic mass is 32.2. The van der Waals surface area contributed by atoms with Crippen molar-refractivity contribution < 1.29 is 13.2 Å². The van der Waals surface area contributed by atoms with E-state index in [1.165, 1.54) is 22.7 Å². The van der Waals surface area contributed by atoms with Gasteiger partial charge in [-0.1, -0.05) is 24.3 Å². The Balaban J connectivity index is 1.80. The van der Waals surface area contributed by atoms with Gasteiger partial charge in [0.25, 0.3) is 15.9 Å². The van der Waals surface area contributed by atoms with Crippen molar-refractivity contribution in [2.45, 2.75) is 18.1 Å². The van der Waals surface area contributed by atoms with Gasteiger partial charge in [0.15, 0.2) is 0 Å². The van der Waals surface area contributed by atoms with E-state index in [1.807, 2.05) is 32.0 Å². The van der Waals surface area contributed by atoms with E-state index in [1.54, 1.807) is 41.8 Å². The molecule has 0 aliphatic rings. The summed E-state index contributed by atoms with van der Waals surface area (Å²) in [6.07, 6.45) is 0. The van der Waals surface area contributed by atoms with Gasteiger partial charge in [0.1, 0.15) is 4.21 Å². The van der Waals surface area contributed by atoms with Crippen molar-refractivity contribution in [3.8, 4) is 0 Å². The van der Waals surface area contributed by atoms with E-state index in [4.69, 9.17) is 0 Å². The third kappa shape index (κ3) is 3.89. The number of anilines is 2. The van der Waals surface area contributed by atoms with Gasteiger partial charge in [-0.25, -0.2) is 8.42 Å². The molecule has 1 aromatic heterocycles. The number of para-hydroxylation sites is 1. The van der Waals surface area contributed by atoms with Crippen LogP contribution in [0.2, 0.25) is 0 Å². The number of nitrogens with one attached hydrogen (secondary N) is 1. The first-order valence-corrected chi connectivity index (χ1v) is 10.6. The van der Waals surface area contributed by atoms with Crippen LogP contribution in [0, 0.1) is 13.8 Å². The maximum atomic E-state index is 12.6. The lowest BCUT2D eigenvalue weighted by molar-refractivity contribution is 0.102. The minimum absolute atomic E-state index is 0.234. The molecule has 1 amide bonds. The predicted octanol–water partition coefficient (Wildman–Crippen LogP) is 4.44. The minimum Gasteiger partial charge on any atom is -0.322 e. The fourth-order valence-corrected chi connectivity index (χ4v) is 5.06. The highest BCUT2D eigenvalue weighted by Crippen LogP contribution is 2.26. The van der Waals surface area contributed by atoms with Crippen molar-refractivity contribution in [3.63, 3.8) is 0 Å². The molecule has 3 rings (SSSR count). The van der Waals surface area contributed by atoms with Crippen LogP contribution in [-0.2, 0) is 10.0 Å². The number of amides is 1. The summed E-state index contributed by atoms with van der Waals surface area (Å²) in [5.41, 5.74) is 3.72. The molecule has 0 spiro atoms. The van der Waals surface area contributed by atoms with Crippen molar-refractivity contribution in [1.29, 1.82) is 0 Å². The molecule has 7 heteroatoms. The summed E-state index contributed by atoms with van der Waals surface area (Å²) in [4.78, 5) is 12.5. The summed E-state index contributed by atoms with van der Waals surface area (Å²) < 4.78 is 26.7. The van der Waals surface area contributed by atoms with Crippen LogP contribution in [-0.4, -0.2) is 21.4 Å². The number of nitrogens with zero attached hydrogens (tertiary/aromatic N) is 1. The van der Waals surface area contributed by atoms with Crippen LogP contribution < -0.4 is 9.62 Å². The fraction of sp³-hybridized carbons (Fsp3) is 0.150. The molecule has 5 nitrogen and oxygen atoms in total. The molecule has 0 radical (unpaired) electrons. The number of benzene rings is 2. The number of thiophene rings is 1. The highest BCUT2D eigenvalue weighted by molar-refractivity contribution is 7.94. The topological polar surface area (TPSA) is 66.5 Å². The van der Waals surface area contributed by atoms with Crippen LogP contribution in [0.3, 0.4) is 0 Å². The SMILES string of the molecule is Cc1cccc(C)c1NC(=O)c1ccc(N(C)S(=O)(=O)c2cccs2)cc1. The number of hydrogen-bond donors (Lipinski definition) is 1. The Morgan fingerprint density at radius 3 is 2.15 bits per heavy atom. The minimum atomic E-state index is -3.59. The normalized spacial score (nSPS) is 11.2. The first-order chi connectivity index (χ1) is 12.8. The zero-order valence-electron chi connectivity index (χ0n) is 15.3. The predicted molar refractivity (Wildman–Crippen MR) is 110 cm³/mol. The standard InChI is InChI=1S/C20H20N2O3S2/c1-14-6-4-7-15(2)19(14)21-20(23)16-9-11-17(12-10-16)22(3)27(24,25)18-8-5-13-26-18/h4-13H,1-3H3,(H,21,23). The van der Waals surface area contributed by atoms with Crippen molar-refractivity contribution in [3.05, 3.63) is 76.7 Å². The lowest BCUT2D eigenvalue weighted by atomic mass is 10.1. The molecule has 2 aromatic carbocycles. The van der Waals surface area contributed by atoms with Crippen LogP contribution in [0.4, 0.5) is 11.4 Å². The summed E-state index contributed by atoms with van der Waals surface area (Å²) in [6.45, 7) is 3.88. The summed E-state index contributed by atoms with van der Waals surface area (Å²) in [6, 6.07) is 15.6. The zero-order chi connectivity index (χ0) is 19.6. The number of rotatable bonds is 5. The molecule has 0 saturated carbocycles. The lowest BCUT2D eigenvalue weighted by Gasteiger charge is -2.18. The second kappa shape index (κ2) is 7.54. The van der Waals surface area contributed by atoms with Gasteiger partial charge >= 0.3 is 0 Å². The van der Waals surface area contributed by atoms with Crippen molar-refractivity contribution in [2.75, 3.05) is 16.7 Å². The van der Waals surface area contributed by atoms with Crippen LogP contribution in [0.5, 0.6) is 0 Å². The van der Waals surface area contributed by atoms with Gasteiger partial charge in [-0.3, -0.25) is 9.10 Å². The molecule has 0 atom stereocenters. The number of carbonyl (C=O) groups is 1. The van der Waals surface area contributed by atoms with Crippen molar-refractivity contribution >= 4 is 38.6 Å². The molecule has 0 aliphatic heterocycles. The van der Waals surface area contributed by atoms with Gasteiger partial charge in [-0.05, 0) is 60.7 Å². The number of sulfonamides is 1. The van der Waals surface area contributed by atoms with E-state index < -0.39 is 10.0 Å². The van der Waals surface area contributed by atoms with Gasteiger partial charge < -0.3 is 5.32 Å². The molecule has 140 valence electrons. The van der Waals surface area contributed by atoms with Gasteiger partial charge in [0.2, 0.25) is 0 Å². The first kappa shape index (κ1) is 19.1. The van der Waals surface area contributed by atoms with E-state index in [0.29, 0.717) is 11.3 Å². The summed E-state index contributed by atoms with van der Waals surface area (Å²) >= 11 is 1.17. The monoisotopic (exact) mass is 400 g/mol. The average molecular weight is 401 g/mol. The van der Waals surface area contributed by atoms with Crippen molar-refractivity contribution in [1.82, 2.24) is 0 Å². The quantitative estimate of drug-likeness (QED) is 0.688. The third-order valence-corrected chi connectivity index (χ3v) is 7.48. The zero-order valence-corrected chi connectivity index (χ0v) is 16.9. The second-order valence-corrected chi connectivity index (χ2v) is 9.32. The molecule has 1 heterocycles. The molecule has 0 fully saturated rings. The number of carbonyl (C=O) groups excluding carboxylic acids is 1. The Morgan fingerprint density at radius 1 is 0.963 bits per heavy atom. The molecule has 0 unspecified atom stereocenters. The van der Waals surface area contributed by atoms with Crippen LogP contribution in [0.1, 0.15) is 21.5 Å². The summed E-state index contributed by atoms with van der Waals surface area (Å²) in [5, 5.41) is 4.65. The maximum Gasteiger partial charge on any atom is 0.273 e. The molecule has 0 aliphatic carbocycles. The van der Waals surface area contributed by atoms with Crippen molar-refractivity contribution in [2.24, 2.45) is 0 Å². The van der Waals surface area contributed by atoms with E-state index in [2.05, 4.69) is 5.32 Å². The Hall–Kier alpha value is -2.64. The van der Waals surface area contributed by atoms with E-state index in [9.17, 15) is 13.2 Å². The fourth-order valence-electron chi connectivity index (χ4n) is 2.70. The Bertz CT molecular complexity index is 1040. The Labute approximate surface area is 163 Å². The van der Waals surface area contributed by atoms with Gasteiger partial charge in [-0.15, -0.1) is 11.3 Å². The van der Waals surface area contributed by atoms with Gasteiger partial charge in [0, 0.05) is 18.3 Å². The smallest absolute Gasteiger partial charge is 0.273 e. The average Bonchev–Trinajstić information content (AvgIpc) is 3.20. The largest absolute Gasteiger partial charge is 0.322 e. The van der Waals surface area contributed by atoms with E-state index >= 15 is 0 Å². The number of hydrogen-bond acceptors (Lipinski definition) is 4. The van der Waals surface area contributed by atoms with E-state index in [0.717, 1.165) is 16.8 Å². The molecule has 0 saturated heterocycles. The van der Waals surface area contributed by atoms with Crippen LogP contribution >= 0.6 is 11.3 Å². The molecule has 27 heavy (non-hydrogen) atoms. The Kier molecular flexibility index (Phi) is 5.34. The third-order valence-electron chi connectivity index (χ3n) is 4.32. The second-order valence-electron chi connectivity index (χ2n) is 6.17. The Morgan fingerprint density at radius 2 is 1.59 bits per heavy atom. The molecular formula is C20H20N2O3S2. The van der Waals surface area contributed by atoms with Gasteiger partial charge in [-0.2, -0.15) is 0 Å². The van der Waals surface area contributed by atoms with Crippen LogP contribution in [0.25, 0.3) is 0 Å². The van der Waals surface area contributed by atoms with Crippen LogP contribution in [0.15, 0.2) is 64.2 Å². The lowest BCUT2D eigenvalue weighted by Crippen LogP contribution is -2.25. The number of aryl methyl sites for hydroxylation is 2. The van der Waals surface area contributed by atoms with Gasteiger partial charge in [0.05, 0.1) is 5.69 Å². The molecule has 3 aromatic rings. The maximum absolute atomic E-state index is 12.6.